The lowest BCUT2D eigenvalue weighted by atomic mass is 9.83. The fraction of sp³-hybridized carbons (Fsp3) is 0.625. The maximum Gasteiger partial charge on any atom is 0.0416 e. The highest BCUT2D eigenvalue weighted by atomic mass is 16.5. The van der Waals surface area contributed by atoms with E-state index < -0.39 is 0 Å². The number of benzene rings is 2. The van der Waals surface area contributed by atoms with E-state index in [1.165, 1.54) is 41.5 Å². The topological polar surface area (TPSA) is 35.5 Å². The highest BCUT2D eigenvalue weighted by Gasteiger charge is 2.42. The van der Waals surface area contributed by atoms with Crippen LogP contribution >= 0.6 is 0 Å². The predicted molar refractivity (Wildman–Crippen MR) is 148 cm³/mol. The van der Waals surface area contributed by atoms with Crippen molar-refractivity contribution in [2.75, 3.05) is 0 Å². The van der Waals surface area contributed by atoms with Gasteiger partial charge in [0.15, 0.2) is 0 Å². The van der Waals surface area contributed by atoms with Crippen LogP contribution in [0.3, 0.4) is 0 Å². The molecule has 2 atom stereocenters. The van der Waals surface area contributed by atoms with Crippen LogP contribution in [0.1, 0.15) is 117 Å². The molecule has 4 rings (SSSR count). The molecule has 35 heavy (non-hydrogen) atoms. The molecule has 2 aromatic rings. The number of hydrogen-bond acceptors (Lipinski definition) is 3. The molecule has 0 aromatic heterocycles. The zero-order valence-electron chi connectivity index (χ0n) is 23.4. The third kappa shape index (κ3) is 6.01. The van der Waals surface area contributed by atoms with Gasteiger partial charge in [-0.15, -0.1) is 0 Å². The van der Waals surface area contributed by atoms with Crippen LogP contribution in [-0.4, -0.2) is 32.4 Å². The van der Waals surface area contributed by atoms with Crippen molar-refractivity contribution in [1.29, 1.82) is 0 Å². The van der Waals surface area contributed by atoms with Gasteiger partial charge < -0.3 is 10.5 Å². The van der Waals surface area contributed by atoms with Crippen molar-refractivity contribution in [1.82, 2.24) is 10.4 Å². The average molecular weight is 477 g/mol. The molecule has 0 bridgehead atoms. The predicted octanol–water partition coefficient (Wildman–Crippen LogP) is 8.28. The van der Waals surface area contributed by atoms with Gasteiger partial charge in [-0.25, -0.2) is 0 Å². The molecule has 2 saturated heterocycles. The summed E-state index contributed by atoms with van der Waals surface area (Å²) < 4.78 is 0. The van der Waals surface area contributed by atoms with Crippen molar-refractivity contribution < 1.29 is 5.21 Å². The van der Waals surface area contributed by atoms with Gasteiger partial charge in [-0.05, 0) is 128 Å². The van der Waals surface area contributed by atoms with E-state index in [0.29, 0.717) is 11.8 Å². The second-order valence-electron chi connectivity index (χ2n) is 14.0. The third-order valence-corrected chi connectivity index (χ3v) is 8.65. The first-order valence-corrected chi connectivity index (χ1v) is 13.7. The van der Waals surface area contributed by atoms with E-state index in [9.17, 15) is 5.21 Å². The standard InChI is InChI=1S/C32H48N2O/c1-29(2)19-17-27(21-30(3,4)33-29)25-13-9-23(10-14-25)24-11-15-26(16-12-24)28-18-20-31(5,6)34(35)32(7,8)22-28/h9-16,27-28,33,35H,17-22H2,1-8H3. The highest BCUT2D eigenvalue weighted by Crippen LogP contribution is 2.42. The summed E-state index contributed by atoms with van der Waals surface area (Å²) in [5.41, 5.74) is 5.33. The summed E-state index contributed by atoms with van der Waals surface area (Å²) in [5, 5.41) is 16.3. The van der Waals surface area contributed by atoms with Crippen LogP contribution in [0.5, 0.6) is 0 Å². The smallest absolute Gasteiger partial charge is 0.0416 e. The minimum atomic E-state index is -0.240. The average Bonchev–Trinajstić information content (AvgIpc) is 2.94. The van der Waals surface area contributed by atoms with Gasteiger partial charge in [0.2, 0.25) is 0 Å². The molecule has 0 spiro atoms. The van der Waals surface area contributed by atoms with Gasteiger partial charge in [0.25, 0.3) is 0 Å². The number of hydroxylamine groups is 2. The molecule has 0 saturated carbocycles. The normalized spacial score (nSPS) is 28.1. The Hall–Kier alpha value is -1.68. The second-order valence-corrected chi connectivity index (χ2v) is 14.0. The van der Waals surface area contributed by atoms with Gasteiger partial charge in [-0.3, -0.25) is 0 Å². The first kappa shape index (κ1) is 26.4. The van der Waals surface area contributed by atoms with Crippen LogP contribution in [0.2, 0.25) is 0 Å². The Morgan fingerprint density at radius 1 is 0.629 bits per heavy atom. The van der Waals surface area contributed by atoms with Crippen LogP contribution in [0.25, 0.3) is 11.1 Å². The fourth-order valence-corrected chi connectivity index (χ4v) is 6.99. The largest absolute Gasteiger partial charge is 0.313 e. The van der Waals surface area contributed by atoms with Gasteiger partial charge in [-0.1, -0.05) is 48.5 Å². The molecule has 3 nitrogen and oxygen atoms in total. The summed E-state index contributed by atoms with van der Waals surface area (Å²) in [6, 6.07) is 18.5. The number of hydrogen-bond donors (Lipinski definition) is 2. The van der Waals surface area contributed by atoms with Crippen molar-refractivity contribution >= 4 is 0 Å². The number of nitrogens with one attached hydrogen (secondary N) is 1. The van der Waals surface area contributed by atoms with Crippen molar-refractivity contribution in [2.45, 2.75) is 128 Å². The Morgan fingerprint density at radius 3 is 1.60 bits per heavy atom. The molecule has 2 unspecified atom stereocenters. The molecule has 2 heterocycles. The molecular formula is C32H48N2O. The molecule has 0 aliphatic carbocycles. The Morgan fingerprint density at radius 2 is 1.09 bits per heavy atom. The quantitative estimate of drug-likeness (QED) is 0.468. The van der Waals surface area contributed by atoms with E-state index in [1.54, 1.807) is 5.06 Å². The molecule has 0 radical (unpaired) electrons. The summed E-state index contributed by atoms with van der Waals surface area (Å²) >= 11 is 0. The lowest BCUT2D eigenvalue weighted by Crippen LogP contribution is -2.52. The zero-order valence-corrected chi connectivity index (χ0v) is 23.4. The SMILES string of the molecule is CC1(C)CCC(c2ccc(-c3ccc(C4CCC(C)(C)N(O)C(C)(C)C4)cc3)cc2)CC(C)(C)N1. The zero-order chi connectivity index (χ0) is 25.6. The first-order chi connectivity index (χ1) is 16.2. The van der Waals surface area contributed by atoms with Gasteiger partial charge in [0.05, 0.1) is 0 Å². The van der Waals surface area contributed by atoms with Crippen LogP contribution in [0, 0.1) is 0 Å². The second kappa shape index (κ2) is 9.32. The number of nitrogens with zero attached hydrogens (tertiary/aromatic N) is 1. The van der Waals surface area contributed by atoms with E-state index in [-0.39, 0.29) is 22.2 Å². The van der Waals surface area contributed by atoms with Crippen LogP contribution in [-0.2, 0) is 0 Å². The van der Waals surface area contributed by atoms with Crippen molar-refractivity contribution in [3.05, 3.63) is 59.7 Å². The monoisotopic (exact) mass is 476 g/mol. The first-order valence-electron chi connectivity index (χ1n) is 13.7. The minimum Gasteiger partial charge on any atom is -0.313 e. The minimum absolute atomic E-state index is 0.147. The summed E-state index contributed by atoms with van der Waals surface area (Å²) in [7, 11) is 0. The highest BCUT2D eigenvalue weighted by molar-refractivity contribution is 5.64. The van der Waals surface area contributed by atoms with Crippen LogP contribution in [0.4, 0.5) is 0 Å². The van der Waals surface area contributed by atoms with E-state index >= 15 is 0 Å². The number of rotatable bonds is 3. The summed E-state index contributed by atoms with van der Waals surface area (Å²) in [5.74, 6) is 1.07. The Kier molecular flexibility index (Phi) is 7.03. The van der Waals surface area contributed by atoms with Crippen LogP contribution in [0.15, 0.2) is 48.5 Å². The van der Waals surface area contributed by atoms with E-state index in [0.717, 1.165) is 19.3 Å². The molecule has 2 aromatic carbocycles. The van der Waals surface area contributed by atoms with Gasteiger partial charge >= 0.3 is 0 Å². The molecule has 2 aliphatic rings. The maximum absolute atomic E-state index is 10.8. The third-order valence-electron chi connectivity index (χ3n) is 8.65. The van der Waals surface area contributed by atoms with E-state index in [4.69, 9.17) is 0 Å². The summed E-state index contributed by atoms with van der Waals surface area (Å²) in [6.07, 6.45) is 6.66. The van der Waals surface area contributed by atoms with E-state index in [2.05, 4.69) is 109 Å². The van der Waals surface area contributed by atoms with E-state index in [1.807, 2.05) is 0 Å². The van der Waals surface area contributed by atoms with Gasteiger partial charge in [0.1, 0.15) is 0 Å². The Balaban J connectivity index is 1.48. The fourth-order valence-electron chi connectivity index (χ4n) is 6.99. The maximum atomic E-state index is 10.8. The van der Waals surface area contributed by atoms with Crippen molar-refractivity contribution in [2.24, 2.45) is 0 Å². The Bertz CT molecular complexity index is 1000. The van der Waals surface area contributed by atoms with Gasteiger partial charge in [0, 0.05) is 22.2 Å². The summed E-state index contributed by atoms with van der Waals surface area (Å²) in [4.78, 5) is 0. The molecule has 2 N–H and O–H groups in total. The van der Waals surface area contributed by atoms with Crippen molar-refractivity contribution in [3.8, 4) is 11.1 Å². The van der Waals surface area contributed by atoms with Gasteiger partial charge in [-0.2, -0.15) is 5.06 Å². The lowest BCUT2D eigenvalue weighted by Gasteiger charge is -2.42. The lowest BCUT2D eigenvalue weighted by molar-refractivity contribution is -0.221. The van der Waals surface area contributed by atoms with Crippen LogP contribution < -0.4 is 5.32 Å². The molecule has 2 fully saturated rings. The molecule has 2 aliphatic heterocycles. The molecular weight excluding hydrogens is 428 g/mol. The van der Waals surface area contributed by atoms with Crippen molar-refractivity contribution in [3.63, 3.8) is 0 Å². The Labute approximate surface area is 214 Å². The summed E-state index contributed by atoms with van der Waals surface area (Å²) in [6.45, 7) is 18.0. The molecule has 0 amide bonds. The molecule has 192 valence electrons. The molecule has 3 heteroatoms.